The van der Waals surface area contributed by atoms with Crippen LogP contribution in [0.25, 0.3) is 21.5 Å². The van der Waals surface area contributed by atoms with Crippen molar-refractivity contribution in [3.63, 3.8) is 0 Å². The van der Waals surface area contributed by atoms with Crippen LogP contribution >= 0.6 is 11.3 Å². The Hall–Kier alpha value is -3.73. The number of para-hydroxylation sites is 1. The molecule has 1 unspecified atom stereocenters. The first-order chi connectivity index (χ1) is 22.5. The average Bonchev–Trinajstić information content (AvgIpc) is 3.53. The molecule has 0 spiro atoms. The van der Waals surface area contributed by atoms with Crippen molar-refractivity contribution in [1.29, 1.82) is 0 Å². The zero-order valence-corrected chi connectivity index (χ0v) is 26.6. The van der Waals surface area contributed by atoms with Crippen molar-refractivity contribution in [3.8, 4) is 17.0 Å². The van der Waals surface area contributed by atoms with E-state index in [0.29, 0.717) is 29.1 Å². The van der Waals surface area contributed by atoms with Gasteiger partial charge < -0.3 is 23.8 Å². The van der Waals surface area contributed by atoms with Gasteiger partial charge in [0.05, 0.1) is 28.7 Å². The number of thiazole rings is 1. The van der Waals surface area contributed by atoms with E-state index in [1.807, 2.05) is 0 Å². The lowest BCUT2D eigenvalue weighted by molar-refractivity contribution is -0.274. The molecule has 1 amide bonds. The number of hydrogen-bond donors (Lipinski definition) is 1. The Morgan fingerprint density at radius 2 is 1.85 bits per heavy atom. The number of benzene rings is 2. The normalized spacial score (nSPS) is 21.4. The Kier molecular flexibility index (Phi) is 8.39. The summed E-state index contributed by atoms with van der Waals surface area (Å²) in [5.74, 6) is -0.0899. The number of hydrogen-bond acceptors (Lipinski definition) is 10. The van der Waals surface area contributed by atoms with Crippen LogP contribution in [-0.2, 0) is 26.3 Å². The highest BCUT2D eigenvalue weighted by atomic mass is 32.2. The van der Waals surface area contributed by atoms with Gasteiger partial charge in [-0.3, -0.25) is 9.35 Å². The molecule has 2 bridgehead atoms. The van der Waals surface area contributed by atoms with E-state index in [1.165, 1.54) is 34.4 Å². The van der Waals surface area contributed by atoms with Crippen LogP contribution in [0.1, 0.15) is 55.8 Å². The van der Waals surface area contributed by atoms with Gasteiger partial charge in [0.15, 0.2) is 5.13 Å². The molecule has 2 saturated heterocycles. The number of ether oxygens (including phenoxy) is 2. The monoisotopic (exact) mass is 692 g/mol. The molecule has 2 aliphatic heterocycles. The van der Waals surface area contributed by atoms with Crippen LogP contribution in [0.3, 0.4) is 0 Å². The van der Waals surface area contributed by atoms with E-state index >= 15 is 0 Å². The standard InChI is InChI=1S/C31H31F3N4O7S2/c32-31(33,34)44-26-4-2-1-3-23(26)28-24(29(45-36-28)18-5-6-18)16-43-22-13-20-7-8-21(14-22)38(20)30-35-25-10-9-19(15-27(25)46-30)37(17-39)11-12-47(40,41)42/h1-4,9-10,15,17-18,20-22H,5-8,11-14,16H2,(H,40,41,42)/t20-,21+,22?. The van der Waals surface area contributed by atoms with Crippen molar-refractivity contribution in [2.75, 3.05) is 22.1 Å². The third-order valence-electron chi connectivity index (χ3n) is 8.92. The molecule has 250 valence electrons. The molecule has 2 aromatic heterocycles. The number of rotatable bonds is 12. The fraction of sp³-hybridized carbons (Fsp3) is 0.452. The van der Waals surface area contributed by atoms with Gasteiger partial charge in [-0.25, -0.2) is 4.98 Å². The van der Waals surface area contributed by atoms with Crippen molar-refractivity contribution in [2.24, 2.45) is 0 Å². The van der Waals surface area contributed by atoms with Crippen molar-refractivity contribution in [2.45, 2.75) is 75.6 Å². The van der Waals surface area contributed by atoms with E-state index in [4.69, 9.17) is 18.8 Å². The Balaban J connectivity index is 1.06. The number of carbonyl (C=O) groups is 1. The van der Waals surface area contributed by atoms with Crippen LogP contribution < -0.4 is 14.5 Å². The molecule has 0 radical (unpaired) electrons. The van der Waals surface area contributed by atoms with Crippen LogP contribution in [0.4, 0.5) is 24.0 Å². The number of fused-ring (bicyclic) bond motifs is 3. The summed E-state index contributed by atoms with van der Waals surface area (Å²) in [6, 6.07) is 11.6. The molecule has 2 aromatic carbocycles. The first-order valence-electron chi connectivity index (χ1n) is 15.3. The third kappa shape index (κ3) is 6.96. The highest BCUT2D eigenvalue weighted by Crippen LogP contribution is 2.47. The SMILES string of the molecule is O=CN(CCS(=O)(=O)O)c1ccc2nc(N3[C@@H]4CC[C@H]3CC(OCc3c(-c5ccccc5OC(F)(F)F)noc3C3CC3)C4)sc2c1. The number of amides is 1. The van der Waals surface area contributed by atoms with E-state index in [0.717, 1.165) is 53.9 Å². The lowest BCUT2D eigenvalue weighted by atomic mass is 10.00. The minimum Gasteiger partial charge on any atom is -0.405 e. The largest absolute Gasteiger partial charge is 0.573 e. The fourth-order valence-corrected chi connectivity index (χ4v) is 8.21. The third-order valence-corrected chi connectivity index (χ3v) is 10.6. The van der Waals surface area contributed by atoms with Crippen molar-refractivity contribution >= 4 is 48.9 Å². The quantitative estimate of drug-likeness (QED) is 0.133. The van der Waals surface area contributed by atoms with Gasteiger partial charge in [-0.05, 0) is 68.9 Å². The smallest absolute Gasteiger partial charge is 0.405 e. The predicted octanol–water partition coefficient (Wildman–Crippen LogP) is 6.29. The number of carbonyl (C=O) groups excluding carboxylic acids is 1. The Bertz CT molecular complexity index is 1880. The average molecular weight is 693 g/mol. The van der Waals surface area contributed by atoms with Gasteiger partial charge in [0, 0.05) is 41.4 Å². The highest BCUT2D eigenvalue weighted by molar-refractivity contribution is 7.85. The van der Waals surface area contributed by atoms with Gasteiger partial charge in [0.1, 0.15) is 17.2 Å². The molecule has 4 heterocycles. The van der Waals surface area contributed by atoms with Gasteiger partial charge in [-0.2, -0.15) is 8.42 Å². The molecule has 47 heavy (non-hydrogen) atoms. The zero-order chi connectivity index (χ0) is 32.9. The molecule has 3 aliphatic rings. The van der Waals surface area contributed by atoms with Crippen LogP contribution in [-0.4, -0.2) is 66.4 Å². The molecule has 1 aliphatic carbocycles. The van der Waals surface area contributed by atoms with Crippen molar-refractivity contribution < 1.29 is 44.9 Å². The molecule has 1 N–H and O–H groups in total. The molecule has 4 aromatic rings. The van der Waals surface area contributed by atoms with E-state index < -0.39 is 22.2 Å². The number of piperidine rings is 1. The van der Waals surface area contributed by atoms with Gasteiger partial charge in [-0.15, -0.1) is 13.2 Å². The summed E-state index contributed by atoms with van der Waals surface area (Å²) in [5, 5.41) is 5.04. The molecule has 16 heteroatoms. The number of alkyl halides is 3. The maximum absolute atomic E-state index is 13.2. The molecular weight excluding hydrogens is 661 g/mol. The van der Waals surface area contributed by atoms with E-state index in [9.17, 15) is 26.4 Å². The minimum absolute atomic E-state index is 0.0786. The maximum atomic E-state index is 13.2. The summed E-state index contributed by atoms with van der Waals surface area (Å²) in [5.41, 5.74) is 2.42. The molecule has 1 saturated carbocycles. The summed E-state index contributed by atoms with van der Waals surface area (Å²) < 4.78 is 88.2. The van der Waals surface area contributed by atoms with Gasteiger partial charge in [0.2, 0.25) is 6.41 Å². The second-order valence-corrected chi connectivity index (χ2v) is 14.7. The van der Waals surface area contributed by atoms with Gasteiger partial charge >= 0.3 is 6.36 Å². The predicted molar refractivity (Wildman–Crippen MR) is 167 cm³/mol. The molecule has 11 nitrogen and oxygen atoms in total. The minimum atomic E-state index is -4.85. The summed E-state index contributed by atoms with van der Waals surface area (Å²) in [4.78, 5) is 20.1. The first kappa shape index (κ1) is 31.8. The Labute approximate surface area is 272 Å². The second-order valence-electron chi connectivity index (χ2n) is 12.1. The summed E-state index contributed by atoms with van der Waals surface area (Å²) in [7, 11) is -4.22. The summed E-state index contributed by atoms with van der Waals surface area (Å²) in [6.07, 6.45) is 0.880. The van der Waals surface area contributed by atoms with E-state index in [-0.39, 0.29) is 48.6 Å². The van der Waals surface area contributed by atoms with Gasteiger partial charge in [0.25, 0.3) is 10.1 Å². The van der Waals surface area contributed by atoms with E-state index in [2.05, 4.69) is 14.8 Å². The molecular formula is C31H31F3N4O7S2. The number of halogens is 3. The molecule has 3 fully saturated rings. The van der Waals surface area contributed by atoms with Crippen molar-refractivity contribution in [3.05, 3.63) is 53.8 Å². The number of anilines is 2. The Morgan fingerprint density at radius 3 is 2.53 bits per heavy atom. The number of aromatic nitrogens is 2. The summed E-state index contributed by atoms with van der Waals surface area (Å²) >= 11 is 1.50. The number of nitrogens with zero attached hydrogens (tertiary/aromatic N) is 4. The topological polar surface area (TPSA) is 135 Å². The second kappa shape index (κ2) is 12.4. The zero-order valence-electron chi connectivity index (χ0n) is 24.9. The maximum Gasteiger partial charge on any atom is 0.573 e. The lowest BCUT2D eigenvalue weighted by Gasteiger charge is -2.38. The van der Waals surface area contributed by atoms with Gasteiger partial charge in [-0.1, -0.05) is 28.6 Å². The first-order valence-corrected chi connectivity index (χ1v) is 17.7. The fourth-order valence-electron chi connectivity index (χ4n) is 6.64. The van der Waals surface area contributed by atoms with Crippen LogP contribution in [0.2, 0.25) is 0 Å². The van der Waals surface area contributed by atoms with Crippen molar-refractivity contribution in [1.82, 2.24) is 10.1 Å². The lowest BCUT2D eigenvalue weighted by Crippen LogP contribution is -2.45. The van der Waals surface area contributed by atoms with Crippen LogP contribution in [0.15, 0.2) is 47.0 Å². The Morgan fingerprint density at radius 1 is 1.11 bits per heavy atom. The molecule has 3 atom stereocenters. The van der Waals surface area contributed by atoms with Crippen LogP contribution in [0, 0.1) is 0 Å². The van der Waals surface area contributed by atoms with E-state index in [1.54, 1.807) is 24.3 Å². The van der Waals surface area contributed by atoms with Crippen LogP contribution in [0.5, 0.6) is 5.75 Å². The highest BCUT2D eigenvalue weighted by Gasteiger charge is 2.43. The summed E-state index contributed by atoms with van der Waals surface area (Å²) in [6.45, 7) is -0.0204. The molecule has 7 rings (SSSR count).